The maximum Gasteiger partial charge on any atom is 0.295 e. The molecule has 0 aliphatic carbocycles. The molecular weight excluding hydrogens is 432 g/mol. The summed E-state index contributed by atoms with van der Waals surface area (Å²) in [5.74, 6) is 1.02. The highest BCUT2D eigenvalue weighted by atomic mass is 79.9. The Hall–Kier alpha value is -3.45. The summed E-state index contributed by atoms with van der Waals surface area (Å²) in [4.78, 5) is 17.2. The second kappa shape index (κ2) is 8.28. The van der Waals surface area contributed by atoms with Crippen molar-refractivity contribution in [3.8, 4) is 22.8 Å². The first-order chi connectivity index (χ1) is 14.1. The lowest BCUT2D eigenvalue weighted by Crippen LogP contribution is -2.14. The smallest absolute Gasteiger partial charge is 0.295 e. The summed E-state index contributed by atoms with van der Waals surface area (Å²) in [6.45, 7) is 0. The summed E-state index contributed by atoms with van der Waals surface area (Å²) in [6, 6.07) is 24.3. The van der Waals surface area contributed by atoms with Gasteiger partial charge in [0, 0.05) is 15.7 Å². The average molecular weight is 449 g/mol. The highest BCUT2D eigenvalue weighted by molar-refractivity contribution is 9.10. The van der Waals surface area contributed by atoms with E-state index in [1.165, 1.54) is 0 Å². The topological polar surface area (TPSA) is 69.0 Å². The molecule has 4 aromatic rings. The fourth-order valence-corrected chi connectivity index (χ4v) is 3.07. The van der Waals surface area contributed by atoms with E-state index in [9.17, 15) is 4.79 Å². The molecule has 0 atom stereocenters. The van der Waals surface area contributed by atoms with Crippen LogP contribution in [0.15, 0.2) is 83.3 Å². The molecule has 0 bridgehead atoms. The molecule has 3 aromatic carbocycles. The number of amides is 1. The first-order valence-corrected chi connectivity index (χ1v) is 9.67. The third-order valence-corrected chi connectivity index (χ3v) is 4.79. The number of hydrogen-bond acceptors (Lipinski definition) is 4. The predicted molar refractivity (Wildman–Crippen MR) is 115 cm³/mol. The lowest BCUT2D eigenvalue weighted by atomic mass is 10.2. The highest BCUT2D eigenvalue weighted by Crippen LogP contribution is 2.24. The van der Waals surface area contributed by atoms with Gasteiger partial charge < -0.3 is 10.1 Å². The Balaban J connectivity index is 1.75. The van der Waals surface area contributed by atoms with E-state index in [-0.39, 0.29) is 11.7 Å². The fourth-order valence-electron chi connectivity index (χ4n) is 2.81. The Morgan fingerprint density at radius 2 is 1.66 bits per heavy atom. The van der Waals surface area contributed by atoms with Crippen molar-refractivity contribution >= 4 is 27.5 Å². The molecule has 0 spiro atoms. The minimum absolute atomic E-state index is 0.0857. The van der Waals surface area contributed by atoms with Crippen LogP contribution in [0.1, 0.15) is 10.6 Å². The van der Waals surface area contributed by atoms with Crippen LogP contribution in [0.5, 0.6) is 5.75 Å². The molecule has 4 rings (SSSR count). The van der Waals surface area contributed by atoms with Crippen LogP contribution in [0, 0.1) is 0 Å². The Bertz CT molecular complexity index is 1120. The maximum absolute atomic E-state index is 12.7. The molecule has 0 saturated carbocycles. The summed E-state index contributed by atoms with van der Waals surface area (Å²) < 4.78 is 7.84. The van der Waals surface area contributed by atoms with E-state index < -0.39 is 0 Å². The van der Waals surface area contributed by atoms with Crippen molar-refractivity contribution in [2.45, 2.75) is 0 Å². The van der Waals surface area contributed by atoms with Gasteiger partial charge in [-0.05, 0) is 48.5 Å². The third kappa shape index (κ3) is 4.20. The van der Waals surface area contributed by atoms with Crippen molar-refractivity contribution in [1.82, 2.24) is 14.8 Å². The number of anilines is 1. The van der Waals surface area contributed by atoms with Crippen LogP contribution in [0.2, 0.25) is 0 Å². The van der Waals surface area contributed by atoms with E-state index in [0.717, 1.165) is 21.5 Å². The molecule has 0 aliphatic heterocycles. The Morgan fingerprint density at radius 3 is 2.31 bits per heavy atom. The Labute approximate surface area is 176 Å². The second-order valence-corrected chi connectivity index (χ2v) is 7.11. The number of methoxy groups -OCH3 is 1. The van der Waals surface area contributed by atoms with E-state index >= 15 is 0 Å². The van der Waals surface area contributed by atoms with Gasteiger partial charge >= 0.3 is 0 Å². The molecule has 1 heterocycles. The molecule has 1 amide bonds. The fraction of sp³-hybridized carbons (Fsp3) is 0.0455. The van der Waals surface area contributed by atoms with Gasteiger partial charge in [-0.2, -0.15) is 0 Å². The molecule has 1 aromatic heterocycles. The molecule has 0 fully saturated rings. The van der Waals surface area contributed by atoms with Gasteiger partial charge in [0.1, 0.15) is 5.75 Å². The van der Waals surface area contributed by atoms with Gasteiger partial charge in [0.25, 0.3) is 5.91 Å². The number of aromatic nitrogens is 3. The zero-order valence-corrected chi connectivity index (χ0v) is 17.1. The van der Waals surface area contributed by atoms with Gasteiger partial charge in [-0.1, -0.05) is 46.3 Å². The minimum atomic E-state index is -0.373. The third-order valence-electron chi connectivity index (χ3n) is 4.26. The second-order valence-electron chi connectivity index (χ2n) is 6.20. The van der Waals surface area contributed by atoms with Crippen LogP contribution in [0.3, 0.4) is 0 Å². The molecule has 144 valence electrons. The van der Waals surface area contributed by atoms with E-state index in [1.807, 2.05) is 78.9 Å². The van der Waals surface area contributed by atoms with Gasteiger partial charge in [0.15, 0.2) is 5.82 Å². The molecule has 6 nitrogen and oxygen atoms in total. The molecule has 7 heteroatoms. The van der Waals surface area contributed by atoms with Crippen molar-refractivity contribution < 1.29 is 9.53 Å². The SMILES string of the molecule is COc1ccc(-n2nc(C(=O)Nc3ccccc3)nc2-c2ccc(Br)cc2)cc1. The highest BCUT2D eigenvalue weighted by Gasteiger charge is 2.19. The number of nitrogens with one attached hydrogen (secondary N) is 1. The minimum Gasteiger partial charge on any atom is -0.497 e. The van der Waals surface area contributed by atoms with Gasteiger partial charge in [0.2, 0.25) is 5.82 Å². The lowest BCUT2D eigenvalue weighted by molar-refractivity contribution is 0.101. The largest absolute Gasteiger partial charge is 0.497 e. The van der Waals surface area contributed by atoms with Crippen LogP contribution in [-0.4, -0.2) is 27.8 Å². The van der Waals surface area contributed by atoms with E-state index in [1.54, 1.807) is 11.8 Å². The molecule has 0 saturated heterocycles. The first-order valence-electron chi connectivity index (χ1n) is 8.88. The standard InChI is InChI=1S/C22H17BrN4O2/c1-29-19-13-11-18(12-14-19)27-21(15-7-9-16(23)10-8-15)25-20(26-27)22(28)24-17-5-3-2-4-6-17/h2-14H,1H3,(H,24,28). The molecule has 1 N–H and O–H groups in total. The summed E-state index contributed by atoms with van der Waals surface area (Å²) in [7, 11) is 1.61. The van der Waals surface area contributed by atoms with Crippen molar-refractivity contribution in [3.63, 3.8) is 0 Å². The first kappa shape index (κ1) is 18.9. The summed E-state index contributed by atoms with van der Waals surface area (Å²) in [5.41, 5.74) is 2.30. The zero-order valence-electron chi connectivity index (χ0n) is 15.5. The van der Waals surface area contributed by atoms with Crippen molar-refractivity contribution in [2.75, 3.05) is 12.4 Å². The summed E-state index contributed by atoms with van der Waals surface area (Å²) in [5, 5.41) is 7.30. The van der Waals surface area contributed by atoms with Crippen LogP contribution in [0.25, 0.3) is 17.1 Å². The maximum atomic E-state index is 12.7. The summed E-state index contributed by atoms with van der Waals surface area (Å²) >= 11 is 3.44. The lowest BCUT2D eigenvalue weighted by Gasteiger charge is -2.07. The van der Waals surface area contributed by atoms with Crippen LogP contribution in [0.4, 0.5) is 5.69 Å². The predicted octanol–water partition coefficient (Wildman–Crippen LogP) is 4.96. The van der Waals surface area contributed by atoms with E-state index in [0.29, 0.717) is 11.5 Å². The molecule has 0 aliphatic rings. The number of carbonyl (C=O) groups excluding carboxylic acids is 1. The molecule has 29 heavy (non-hydrogen) atoms. The van der Waals surface area contributed by atoms with Gasteiger partial charge in [-0.15, -0.1) is 5.10 Å². The molecular formula is C22H17BrN4O2. The van der Waals surface area contributed by atoms with Crippen molar-refractivity contribution in [1.29, 1.82) is 0 Å². The Kier molecular flexibility index (Phi) is 5.39. The number of ether oxygens (including phenoxy) is 1. The van der Waals surface area contributed by atoms with E-state index in [4.69, 9.17) is 4.74 Å². The Morgan fingerprint density at radius 1 is 0.966 bits per heavy atom. The number of halogens is 1. The van der Waals surface area contributed by atoms with Gasteiger partial charge in [-0.3, -0.25) is 4.79 Å². The molecule has 0 radical (unpaired) electrons. The van der Waals surface area contributed by atoms with Crippen molar-refractivity contribution in [3.05, 3.63) is 89.2 Å². The zero-order chi connectivity index (χ0) is 20.2. The average Bonchev–Trinajstić information content (AvgIpc) is 3.21. The molecule has 0 unspecified atom stereocenters. The monoisotopic (exact) mass is 448 g/mol. The normalized spacial score (nSPS) is 10.6. The van der Waals surface area contributed by atoms with Crippen LogP contribution >= 0.6 is 15.9 Å². The van der Waals surface area contributed by atoms with Crippen LogP contribution in [-0.2, 0) is 0 Å². The number of para-hydroxylation sites is 1. The van der Waals surface area contributed by atoms with Gasteiger partial charge in [0.05, 0.1) is 12.8 Å². The number of benzene rings is 3. The van der Waals surface area contributed by atoms with E-state index in [2.05, 4.69) is 31.3 Å². The summed E-state index contributed by atoms with van der Waals surface area (Å²) in [6.07, 6.45) is 0. The number of carbonyl (C=O) groups is 1. The quantitative estimate of drug-likeness (QED) is 0.468. The number of hydrogen-bond donors (Lipinski definition) is 1. The van der Waals surface area contributed by atoms with Crippen molar-refractivity contribution in [2.24, 2.45) is 0 Å². The van der Waals surface area contributed by atoms with Gasteiger partial charge in [-0.25, -0.2) is 9.67 Å². The number of nitrogens with zero attached hydrogens (tertiary/aromatic N) is 3. The number of rotatable bonds is 5. The van der Waals surface area contributed by atoms with Crippen LogP contribution < -0.4 is 10.1 Å².